The van der Waals surface area contributed by atoms with Crippen molar-refractivity contribution in [3.63, 3.8) is 0 Å². The van der Waals surface area contributed by atoms with E-state index in [9.17, 15) is 4.79 Å². The Morgan fingerprint density at radius 3 is 2.61 bits per heavy atom. The summed E-state index contributed by atoms with van der Waals surface area (Å²) >= 11 is 0. The summed E-state index contributed by atoms with van der Waals surface area (Å²) < 4.78 is 11.9. The van der Waals surface area contributed by atoms with Crippen molar-refractivity contribution < 1.29 is 14.3 Å². The molecule has 5 rings (SSSR count). The van der Waals surface area contributed by atoms with Crippen LogP contribution in [0.3, 0.4) is 0 Å². The molecule has 3 aliphatic rings. The van der Waals surface area contributed by atoms with Crippen LogP contribution >= 0.6 is 0 Å². The number of methoxy groups -OCH3 is 1. The van der Waals surface area contributed by atoms with Crippen LogP contribution in [-0.4, -0.2) is 30.3 Å². The maximum absolute atomic E-state index is 12.7. The fourth-order valence-corrected chi connectivity index (χ4v) is 5.91. The first kappa shape index (κ1) is 20.5. The van der Waals surface area contributed by atoms with Crippen LogP contribution < -0.4 is 0 Å². The van der Waals surface area contributed by atoms with Gasteiger partial charge < -0.3 is 9.47 Å². The molecule has 162 valence electrons. The number of hydrogen-bond acceptors (Lipinski definition) is 4. The van der Waals surface area contributed by atoms with Gasteiger partial charge in [0.05, 0.1) is 25.3 Å². The highest BCUT2D eigenvalue weighted by molar-refractivity contribution is 5.89. The molecule has 1 aliphatic carbocycles. The Morgan fingerprint density at radius 2 is 1.94 bits per heavy atom. The molecule has 0 amide bonds. The van der Waals surface area contributed by atoms with E-state index in [-0.39, 0.29) is 36.3 Å². The zero-order valence-corrected chi connectivity index (χ0v) is 18.7. The Hall–Kier alpha value is -2.43. The highest BCUT2D eigenvalue weighted by atomic mass is 16.5. The highest BCUT2D eigenvalue weighted by Crippen LogP contribution is 2.54. The van der Waals surface area contributed by atoms with Crippen LogP contribution in [0.25, 0.3) is 0 Å². The number of hydrogen-bond donors (Lipinski definition) is 0. The maximum atomic E-state index is 12.7. The predicted octanol–water partition coefficient (Wildman–Crippen LogP) is 5.31. The minimum atomic E-state index is -0.239. The number of carbonyl (C=O) groups excluding carboxylic acids is 1. The Bertz CT molecular complexity index is 1010. The summed E-state index contributed by atoms with van der Waals surface area (Å²) in [4.78, 5) is 15.3. The Balaban J connectivity index is 1.68. The summed E-state index contributed by atoms with van der Waals surface area (Å²) in [6.45, 7) is 6.67. The lowest BCUT2D eigenvalue weighted by Crippen LogP contribution is -2.45. The Morgan fingerprint density at radius 1 is 1.16 bits per heavy atom. The van der Waals surface area contributed by atoms with Gasteiger partial charge in [0.25, 0.3) is 0 Å². The zero-order valence-electron chi connectivity index (χ0n) is 18.7. The molecule has 0 spiro atoms. The summed E-state index contributed by atoms with van der Waals surface area (Å²) in [5.41, 5.74) is 6.19. The highest BCUT2D eigenvalue weighted by Gasteiger charge is 2.55. The molecule has 1 saturated heterocycles. The third kappa shape index (κ3) is 3.16. The standard InChI is InChI=1S/C27H31NO3/c1-5-19-21(27(29)30-4)15-22(17-10-7-6-8-11-17)28-25-23(31-26(19)28)14-18-12-9-13-20(16(2)3)24(18)25/h6-13,15-16,19,22-23,25-26H,5,14H2,1-4H3/t19-,22-,23+,25+,26+/m0/s1. The van der Waals surface area contributed by atoms with Gasteiger partial charge in [-0.15, -0.1) is 0 Å². The molecular formula is C27H31NO3. The molecule has 4 heteroatoms. The van der Waals surface area contributed by atoms with Gasteiger partial charge in [-0.3, -0.25) is 4.90 Å². The van der Waals surface area contributed by atoms with Gasteiger partial charge in [0.15, 0.2) is 0 Å². The lowest BCUT2D eigenvalue weighted by Gasteiger charge is -2.42. The van der Waals surface area contributed by atoms with E-state index in [1.807, 2.05) is 6.07 Å². The number of esters is 1. The molecule has 2 heterocycles. The Labute approximate surface area is 184 Å². The molecule has 0 N–H and O–H groups in total. The van der Waals surface area contributed by atoms with Crippen molar-refractivity contribution in [2.45, 2.75) is 63.9 Å². The molecule has 0 unspecified atom stereocenters. The van der Waals surface area contributed by atoms with Crippen molar-refractivity contribution in [2.75, 3.05) is 7.11 Å². The third-order valence-corrected chi connectivity index (χ3v) is 7.25. The predicted molar refractivity (Wildman–Crippen MR) is 121 cm³/mol. The van der Waals surface area contributed by atoms with E-state index in [4.69, 9.17) is 9.47 Å². The van der Waals surface area contributed by atoms with E-state index < -0.39 is 0 Å². The van der Waals surface area contributed by atoms with E-state index in [0.29, 0.717) is 5.92 Å². The van der Waals surface area contributed by atoms with Crippen LogP contribution in [0.1, 0.15) is 67.4 Å². The summed E-state index contributed by atoms with van der Waals surface area (Å²) in [7, 11) is 1.47. The molecule has 1 fully saturated rings. The quantitative estimate of drug-likeness (QED) is 0.632. The second kappa shape index (κ2) is 7.92. The summed E-state index contributed by atoms with van der Waals surface area (Å²) in [6, 6.07) is 17.4. The van der Waals surface area contributed by atoms with Crippen LogP contribution in [0, 0.1) is 5.92 Å². The Kier molecular flexibility index (Phi) is 5.23. The van der Waals surface area contributed by atoms with Gasteiger partial charge in [-0.2, -0.15) is 0 Å². The fourth-order valence-electron chi connectivity index (χ4n) is 5.91. The van der Waals surface area contributed by atoms with Crippen LogP contribution in [0.15, 0.2) is 60.2 Å². The van der Waals surface area contributed by atoms with Crippen molar-refractivity contribution >= 4 is 5.97 Å². The van der Waals surface area contributed by atoms with Gasteiger partial charge >= 0.3 is 5.97 Å². The van der Waals surface area contributed by atoms with Gasteiger partial charge in [-0.25, -0.2) is 4.79 Å². The number of nitrogens with zero attached hydrogens (tertiary/aromatic N) is 1. The van der Waals surface area contributed by atoms with E-state index >= 15 is 0 Å². The molecule has 5 atom stereocenters. The number of ether oxygens (including phenoxy) is 2. The minimum absolute atomic E-state index is 0.00711. The monoisotopic (exact) mass is 417 g/mol. The smallest absolute Gasteiger partial charge is 0.333 e. The van der Waals surface area contributed by atoms with E-state index in [0.717, 1.165) is 18.4 Å². The number of carbonyl (C=O) groups is 1. The zero-order chi connectivity index (χ0) is 21.7. The molecule has 0 radical (unpaired) electrons. The lowest BCUT2D eigenvalue weighted by atomic mass is 9.83. The van der Waals surface area contributed by atoms with Gasteiger partial charge in [0.1, 0.15) is 6.23 Å². The fraction of sp³-hybridized carbons (Fsp3) is 0.444. The van der Waals surface area contributed by atoms with Crippen LogP contribution in [0.5, 0.6) is 0 Å². The average Bonchev–Trinajstić information content (AvgIpc) is 3.33. The normalized spacial score (nSPS) is 29.3. The first-order valence-electron chi connectivity index (χ1n) is 11.4. The molecule has 4 nitrogen and oxygen atoms in total. The molecule has 2 aromatic rings. The van der Waals surface area contributed by atoms with Crippen molar-refractivity contribution in [1.82, 2.24) is 4.90 Å². The van der Waals surface area contributed by atoms with Gasteiger partial charge in [-0.05, 0) is 34.6 Å². The van der Waals surface area contributed by atoms with E-state index in [1.54, 1.807) is 0 Å². The molecule has 2 aromatic carbocycles. The SMILES string of the molecule is CC[C@H]1C(C(=O)OC)=C[C@@H](c2ccccc2)N2[C@@H]1O[C@@H]1Cc3cccc(C(C)C)c3[C@@H]12. The van der Waals surface area contributed by atoms with Crippen LogP contribution in [0.4, 0.5) is 0 Å². The first-order chi connectivity index (χ1) is 15.0. The number of benzene rings is 2. The minimum Gasteiger partial charge on any atom is -0.466 e. The van der Waals surface area contributed by atoms with Crippen LogP contribution in [-0.2, 0) is 20.7 Å². The second-order valence-corrected chi connectivity index (χ2v) is 9.22. The summed E-state index contributed by atoms with van der Waals surface area (Å²) in [5.74, 6) is 0.222. The average molecular weight is 418 g/mol. The first-order valence-corrected chi connectivity index (χ1v) is 11.4. The molecule has 0 saturated carbocycles. The van der Waals surface area contributed by atoms with E-state index in [2.05, 4.69) is 74.2 Å². The van der Waals surface area contributed by atoms with Crippen LogP contribution in [0.2, 0.25) is 0 Å². The van der Waals surface area contributed by atoms with E-state index in [1.165, 1.54) is 29.4 Å². The largest absolute Gasteiger partial charge is 0.466 e. The third-order valence-electron chi connectivity index (χ3n) is 7.25. The maximum Gasteiger partial charge on any atom is 0.333 e. The number of rotatable bonds is 4. The van der Waals surface area contributed by atoms with Gasteiger partial charge in [0.2, 0.25) is 0 Å². The number of fused-ring (bicyclic) bond motifs is 5. The topological polar surface area (TPSA) is 38.8 Å². The molecular weight excluding hydrogens is 386 g/mol. The second-order valence-electron chi connectivity index (χ2n) is 9.22. The lowest BCUT2D eigenvalue weighted by molar-refractivity contribution is -0.139. The molecule has 0 aromatic heterocycles. The van der Waals surface area contributed by atoms with Crippen molar-refractivity contribution in [3.05, 3.63) is 82.4 Å². The van der Waals surface area contributed by atoms with Crippen molar-refractivity contribution in [2.24, 2.45) is 5.92 Å². The summed E-state index contributed by atoms with van der Waals surface area (Å²) in [6.07, 6.45) is 3.89. The molecule has 0 bridgehead atoms. The van der Waals surface area contributed by atoms with Crippen molar-refractivity contribution in [1.29, 1.82) is 0 Å². The summed E-state index contributed by atoms with van der Waals surface area (Å²) in [5, 5.41) is 0. The van der Waals surface area contributed by atoms with Gasteiger partial charge in [0, 0.05) is 17.9 Å². The van der Waals surface area contributed by atoms with Crippen molar-refractivity contribution in [3.8, 4) is 0 Å². The molecule has 31 heavy (non-hydrogen) atoms. The van der Waals surface area contributed by atoms with Gasteiger partial charge in [-0.1, -0.05) is 75.4 Å². The molecule has 2 aliphatic heterocycles.